The molecular formula is C11H15N3O3. The number of nitrogens with zero attached hydrogens (tertiary/aromatic N) is 1. The minimum Gasteiger partial charge on any atom is -0.393 e. The van der Waals surface area contributed by atoms with Crippen molar-refractivity contribution in [2.24, 2.45) is 0 Å². The third-order valence-corrected chi connectivity index (χ3v) is 2.94. The first-order chi connectivity index (χ1) is 8.15. The first-order valence-corrected chi connectivity index (χ1v) is 5.69. The van der Waals surface area contributed by atoms with E-state index in [1.807, 2.05) is 0 Å². The first-order valence-electron chi connectivity index (χ1n) is 5.69. The lowest BCUT2D eigenvalue weighted by Gasteiger charge is -2.25. The van der Waals surface area contributed by atoms with E-state index in [2.05, 4.69) is 15.3 Å². The Morgan fingerprint density at radius 3 is 2.71 bits per heavy atom. The molecule has 1 aliphatic carbocycles. The first kappa shape index (κ1) is 11.8. The highest BCUT2D eigenvalue weighted by Gasteiger charge is 2.21. The average Bonchev–Trinajstić information content (AvgIpc) is 2.33. The second-order valence-electron chi connectivity index (χ2n) is 4.28. The van der Waals surface area contributed by atoms with E-state index in [1.165, 1.54) is 6.20 Å². The molecular weight excluding hydrogens is 222 g/mol. The summed E-state index contributed by atoms with van der Waals surface area (Å²) in [6.07, 6.45) is 5.12. The zero-order valence-electron chi connectivity index (χ0n) is 9.35. The van der Waals surface area contributed by atoms with Gasteiger partial charge in [-0.3, -0.25) is 9.59 Å². The van der Waals surface area contributed by atoms with E-state index in [1.54, 1.807) is 0 Å². The largest absolute Gasteiger partial charge is 0.393 e. The molecule has 6 heteroatoms. The van der Waals surface area contributed by atoms with Gasteiger partial charge in [0.2, 0.25) is 0 Å². The Labute approximate surface area is 98.1 Å². The number of carbonyl (C=O) groups is 1. The van der Waals surface area contributed by atoms with Crippen LogP contribution in [0.4, 0.5) is 0 Å². The second kappa shape index (κ2) is 5.09. The van der Waals surface area contributed by atoms with Crippen molar-refractivity contribution >= 4 is 5.91 Å². The van der Waals surface area contributed by atoms with Gasteiger partial charge < -0.3 is 15.4 Å². The quantitative estimate of drug-likeness (QED) is 0.664. The van der Waals surface area contributed by atoms with Gasteiger partial charge >= 0.3 is 0 Å². The lowest BCUT2D eigenvalue weighted by molar-refractivity contribution is 0.0863. The zero-order chi connectivity index (χ0) is 12.3. The third-order valence-electron chi connectivity index (χ3n) is 2.94. The molecule has 1 amide bonds. The molecule has 0 unspecified atom stereocenters. The summed E-state index contributed by atoms with van der Waals surface area (Å²) in [7, 11) is 0. The van der Waals surface area contributed by atoms with Crippen LogP contribution in [0, 0.1) is 0 Å². The molecule has 92 valence electrons. The number of nitrogens with one attached hydrogen (secondary N) is 2. The third kappa shape index (κ3) is 3.13. The van der Waals surface area contributed by atoms with Crippen LogP contribution in [0.2, 0.25) is 0 Å². The predicted molar refractivity (Wildman–Crippen MR) is 60.6 cm³/mol. The highest BCUT2D eigenvalue weighted by atomic mass is 16.3. The minimum atomic E-state index is -0.331. The Hall–Kier alpha value is -1.69. The van der Waals surface area contributed by atoms with Crippen LogP contribution in [0.5, 0.6) is 0 Å². The van der Waals surface area contributed by atoms with E-state index < -0.39 is 0 Å². The lowest BCUT2D eigenvalue weighted by atomic mass is 9.93. The molecule has 17 heavy (non-hydrogen) atoms. The Morgan fingerprint density at radius 2 is 2.12 bits per heavy atom. The van der Waals surface area contributed by atoms with Gasteiger partial charge in [-0.1, -0.05) is 0 Å². The van der Waals surface area contributed by atoms with Crippen LogP contribution in [0.3, 0.4) is 0 Å². The lowest BCUT2D eigenvalue weighted by Crippen LogP contribution is -2.39. The fourth-order valence-electron chi connectivity index (χ4n) is 1.95. The molecule has 0 atom stereocenters. The smallest absolute Gasteiger partial charge is 0.271 e. The summed E-state index contributed by atoms with van der Waals surface area (Å²) in [5.74, 6) is -0.289. The summed E-state index contributed by atoms with van der Waals surface area (Å²) >= 11 is 0. The maximum Gasteiger partial charge on any atom is 0.271 e. The van der Waals surface area contributed by atoms with Crippen LogP contribution < -0.4 is 10.9 Å². The van der Waals surface area contributed by atoms with Crippen LogP contribution in [-0.2, 0) is 0 Å². The fourth-order valence-corrected chi connectivity index (χ4v) is 1.95. The molecule has 6 nitrogen and oxygen atoms in total. The van der Waals surface area contributed by atoms with E-state index in [4.69, 9.17) is 0 Å². The van der Waals surface area contributed by atoms with E-state index in [0.717, 1.165) is 19.0 Å². The van der Waals surface area contributed by atoms with Crippen LogP contribution in [0.25, 0.3) is 0 Å². The van der Waals surface area contributed by atoms with Gasteiger partial charge in [0.25, 0.3) is 11.5 Å². The van der Waals surface area contributed by atoms with Gasteiger partial charge in [-0.25, -0.2) is 4.98 Å². The van der Waals surface area contributed by atoms with Gasteiger partial charge in [0.05, 0.1) is 12.3 Å². The molecule has 1 fully saturated rings. The number of aliphatic hydroxyl groups is 1. The van der Waals surface area contributed by atoms with Gasteiger partial charge in [-0.05, 0) is 25.7 Å². The van der Waals surface area contributed by atoms with Gasteiger partial charge in [0, 0.05) is 12.2 Å². The van der Waals surface area contributed by atoms with Crippen molar-refractivity contribution in [1.29, 1.82) is 0 Å². The van der Waals surface area contributed by atoms with Gasteiger partial charge in [-0.15, -0.1) is 0 Å². The van der Waals surface area contributed by atoms with Crippen molar-refractivity contribution in [2.75, 3.05) is 0 Å². The number of rotatable bonds is 2. The summed E-state index contributed by atoms with van der Waals surface area (Å²) < 4.78 is 0. The van der Waals surface area contributed by atoms with Crippen molar-refractivity contribution in [3.63, 3.8) is 0 Å². The zero-order valence-corrected chi connectivity index (χ0v) is 9.35. The Morgan fingerprint density at radius 1 is 1.41 bits per heavy atom. The van der Waals surface area contributed by atoms with Crippen molar-refractivity contribution in [2.45, 2.75) is 37.8 Å². The number of hydrogen-bond donors (Lipinski definition) is 3. The Balaban J connectivity index is 1.93. The molecule has 0 radical (unpaired) electrons. The fraction of sp³-hybridized carbons (Fsp3) is 0.545. The maximum absolute atomic E-state index is 11.7. The van der Waals surface area contributed by atoms with E-state index in [0.29, 0.717) is 12.8 Å². The number of aliphatic hydroxyl groups excluding tert-OH is 1. The van der Waals surface area contributed by atoms with Crippen LogP contribution in [0.1, 0.15) is 36.2 Å². The Bertz CT molecular complexity index is 429. The molecule has 0 bridgehead atoms. The monoisotopic (exact) mass is 237 g/mol. The number of hydrogen-bond acceptors (Lipinski definition) is 4. The number of aromatic nitrogens is 2. The normalized spacial score (nSPS) is 24.3. The molecule has 2 rings (SSSR count). The highest BCUT2D eigenvalue weighted by molar-refractivity contribution is 5.92. The van der Waals surface area contributed by atoms with E-state index in [9.17, 15) is 14.7 Å². The number of carbonyl (C=O) groups excluding carboxylic acids is 1. The molecule has 0 aromatic carbocycles. The van der Waals surface area contributed by atoms with Crippen LogP contribution in [-0.4, -0.2) is 33.1 Å². The molecule has 1 aliphatic rings. The second-order valence-corrected chi connectivity index (χ2v) is 4.28. The molecule has 1 heterocycles. The molecule has 0 saturated heterocycles. The molecule has 0 aliphatic heterocycles. The topological polar surface area (TPSA) is 95.1 Å². The number of H-pyrrole nitrogens is 1. The SMILES string of the molecule is O=C(NC1CCC(O)CC1)c1c[nH]c(=O)cn1. The van der Waals surface area contributed by atoms with Gasteiger partial charge in [-0.2, -0.15) is 0 Å². The standard InChI is InChI=1S/C11H15N3O3/c15-8-3-1-7(2-4-8)14-11(17)9-5-13-10(16)6-12-9/h5-8,15H,1-4H2,(H,13,16)(H,14,17). The molecule has 3 N–H and O–H groups in total. The molecule has 0 spiro atoms. The van der Waals surface area contributed by atoms with Gasteiger partial charge in [0.1, 0.15) is 5.69 Å². The van der Waals surface area contributed by atoms with Crippen molar-refractivity contribution in [3.8, 4) is 0 Å². The molecule has 1 aromatic heterocycles. The number of amides is 1. The summed E-state index contributed by atoms with van der Waals surface area (Å²) in [5, 5.41) is 12.2. The maximum atomic E-state index is 11.7. The van der Waals surface area contributed by atoms with Crippen molar-refractivity contribution in [1.82, 2.24) is 15.3 Å². The van der Waals surface area contributed by atoms with Crippen molar-refractivity contribution < 1.29 is 9.90 Å². The van der Waals surface area contributed by atoms with Crippen LogP contribution in [0.15, 0.2) is 17.2 Å². The highest BCUT2D eigenvalue weighted by Crippen LogP contribution is 2.18. The van der Waals surface area contributed by atoms with E-state index in [-0.39, 0.29) is 29.3 Å². The summed E-state index contributed by atoms with van der Waals surface area (Å²) in [4.78, 5) is 28.7. The molecule has 1 saturated carbocycles. The summed E-state index contributed by atoms with van der Waals surface area (Å²) in [6.45, 7) is 0. The van der Waals surface area contributed by atoms with Gasteiger partial charge in [0.15, 0.2) is 0 Å². The van der Waals surface area contributed by atoms with Crippen LogP contribution >= 0.6 is 0 Å². The minimum absolute atomic E-state index is 0.0830. The summed E-state index contributed by atoms with van der Waals surface area (Å²) in [5.41, 5.74) is -0.127. The Kier molecular flexibility index (Phi) is 3.53. The average molecular weight is 237 g/mol. The predicted octanol–water partition coefficient (Wildman–Crippen LogP) is -0.197. The van der Waals surface area contributed by atoms with Crippen molar-refractivity contribution in [3.05, 3.63) is 28.4 Å². The number of aromatic amines is 1. The molecule has 1 aromatic rings. The van der Waals surface area contributed by atoms with E-state index >= 15 is 0 Å². The summed E-state index contributed by atoms with van der Waals surface area (Å²) in [6, 6.07) is 0.0830.